The number of rotatable bonds is 4. The maximum Gasteiger partial charge on any atom is 0.261 e. The van der Waals surface area contributed by atoms with Crippen molar-refractivity contribution in [3.63, 3.8) is 0 Å². The molecule has 3 N–H and O–H groups in total. The molecular weight excluding hydrogens is 284 g/mol. The van der Waals surface area contributed by atoms with Gasteiger partial charge in [0.1, 0.15) is 0 Å². The van der Waals surface area contributed by atoms with Gasteiger partial charge < -0.3 is 5.73 Å². The fraction of sp³-hybridized carbons (Fsp3) is 0.250. The molecule has 0 spiro atoms. The second-order valence-corrected chi connectivity index (χ2v) is 6.98. The minimum atomic E-state index is -3.57. The number of sulfonamides is 1. The van der Waals surface area contributed by atoms with E-state index in [1.165, 1.54) is 11.1 Å². The summed E-state index contributed by atoms with van der Waals surface area (Å²) in [5.41, 5.74) is 9.54. The Balaban J connectivity index is 1.89. The van der Waals surface area contributed by atoms with E-state index >= 15 is 0 Å². The Morgan fingerprint density at radius 2 is 1.86 bits per heavy atom. The molecule has 0 bridgehead atoms. The monoisotopic (exact) mass is 302 g/mol. The Morgan fingerprint density at radius 3 is 2.67 bits per heavy atom. The number of nitrogens with two attached hydrogens (primary N) is 1. The van der Waals surface area contributed by atoms with Crippen molar-refractivity contribution >= 4 is 15.7 Å². The Bertz CT molecular complexity index is 770. The first kappa shape index (κ1) is 14.1. The van der Waals surface area contributed by atoms with E-state index in [9.17, 15) is 8.42 Å². The first-order valence-electron chi connectivity index (χ1n) is 7.02. The minimum Gasteiger partial charge on any atom is -0.326 e. The number of aryl methyl sites for hydroxylation is 2. The highest BCUT2D eigenvalue weighted by Crippen LogP contribution is 2.26. The van der Waals surface area contributed by atoms with E-state index in [1.54, 1.807) is 18.2 Å². The van der Waals surface area contributed by atoms with Gasteiger partial charge in [-0.2, -0.15) is 0 Å². The largest absolute Gasteiger partial charge is 0.326 e. The van der Waals surface area contributed by atoms with Gasteiger partial charge >= 0.3 is 0 Å². The van der Waals surface area contributed by atoms with Crippen LogP contribution in [0.3, 0.4) is 0 Å². The third-order valence-corrected chi connectivity index (χ3v) is 5.17. The molecule has 0 aromatic heterocycles. The standard InChI is InChI=1S/C16H18N2O2S/c17-11-12-3-1-6-16(9-12)21(19,20)18-15-8-7-13-4-2-5-14(13)10-15/h1,3,6-10,18H,2,4-5,11,17H2. The lowest BCUT2D eigenvalue weighted by Gasteiger charge is -2.10. The molecule has 1 aliphatic carbocycles. The van der Waals surface area contributed by atoms with Crippen LogP contribution in [-0.2, 0) is 29.4 Å². The van der Waals surface area contributed by atoms with Gasteiger partial charge in [0.2, 0.25) is 0 Å². The van der Waals surface area contributed by atoms with Crippen LogP contribution < -0.4 is 10.5 Å². The van der Waals surface area contributed by atoms with E-state index in [0.29, 0.717) is 12.2 Å². The Labute approximate surface area is 125 Å². The van der Waals surface area contributed by atoms with Crippen molar-refractivity contribution in [3.05, 3.63) is 59.2 Å². The van der Waals surface area contributed by atoms with Crippen molar-refractivity contribution in [3.8, 4) is 0 Å². The van der Waals surface area contributed by atoms with Gasteiger partial charge in [-0.3, -0.25) is 4.72 Å². The second-order valence-electron chi connectivity index (χ2n) is 5.29. The van der Waals surface area contributed by atoms with Gasteiger partial charge in [0.25, 0.3) is 10.0 Å². The van der Waals surface area contributed by atoms with E-state index in [2.05, 4.69) is 4.72 Å². The predicted molar refractivity (Wildman–Crippen MR) is 83.6 cm³/mol. The van der Waals surface area contributed by atoms with Gasteiger partial charge in [-0.1, -0.05) is 18.2 Å². The van der Waals surface area contributed by atoms with Gasteiger partial charge in [0, 0.05) is 12.2 Å². The molecule has 2 aromatic rings. The Morgan fingerprint density at radius 1 is 1.05 bits per heavy atom. The average molecular weight is 302 g/mol. The fourth-order valence-corrected chi connectivity index (χ4v) is 3.81. The molecule has 0 atom stereocenters. The quantitative estimate of drug-likeness (QED) is 0.911. The van der Waals surface area contributed by atoms with Crippen molar-refractivity contribution in [2.75, 3.05) is 4.72 Å². The molecule has 0 fully saturated rings. The highest BCUT2D eigenvalue weighted by Gasteiger charge is 2.16. The second kappa shape index (κ2) is 5.50. The van der Waals surface area contributed by atoms with Crippen LogP contribution in [0.5, 0.6) is 0 Å². The van der Waals surface area contributed by atoms with Gasteiger partial charge in [0.05, 0.1) is 4.90 Å². The summed E-state index contributed by atoms with van der Waals surface area (Å²) in [6.07, 6.45) is 3.25. The van der Waals surface area contributed by atoms with Crippen LogP contribution in [-0.4, -0.2) is 8.42 Å². The fourth-order valence-electron chi connectivity index (χ4n) is 2.69. The van der Waals surface area contributed by atoms with Crippen molar-refractivity contribution < 1.29 is 8.42 Å². The van der Waals surface area contributed by atoms with Crippen molar-refractivity contribution in [2.45, 2.75) is 30.7 Å². The normalized spacial score (nSPS) is 14.0. The summed E-state index contributed by atoms with van der Waals surface area (Å²) in [6.45, 7) is 0.322. The highest BCUT2D eigenvalue weighted by atomic mass is 32.2. The van der Waals surface area contributed by atoms with Gasteiger partial charge in [-0.15, -0.1) is 0 Å². The SMILES string of the molecule is NCc1cccc(S(=O)(=O)Nc2ccc3c(c2)CCC3)c1. The molecule has 0 radical (unpaired) electrons. The molecular formula is C16H18N2O2S. The minimum absolute atomic E-state index is 0.242. The molecule has 0 heterocycles. The lowest BCUT2D eigenvalue weighted by atomic mass is 10.1. The lowest BCUT2D eigenvalue weighted by Crippen LogP contribution is -2.13. The highest BCUT2D eigenvalue weighted by molar-refractivity contribution is 7.92. The summed E-state index contributed by atoms with van der Waals surface area (Å²) in [7, 11) is -3.57. The van der Waals surface area contributed by atoms with Gasteiger partial charge in [-0.05, 0) is 60.2 Å². The number of anilines is 1. The van der Waals surface area contributed by atoms with Crippen LogP contribution in [0.15, 0.2) is 47.4 Å². The first-order chi connectivity index (χ1) is 10.1. The van der Waals surface area contributed by atoms with Gasteiger partial charge in [-0.25, -0.2) is 8.42 Å². The third-order valence-electron chi connectivity index (χ3n) is 3.80. The smallest absolute Gasteiger partial charge is 0.261 e. The van der Waals surface area contributed by atoms with Crippen LogP contribution in [0.1, 0.15) is 23.1 Å². The van der Waals surface area contributed by atoms with Crippen LogP contribution in [0.25, 0.3) is 0 Å². The maximum absolute atomic E-state index is 12.4. The molecule has 1 aliphatic rings. The zero-order valence-corrected chi connectivity index (χ0v) is 12.5. The summed E-state index contributed by atoms with van der Waals surface area (Å²) >= 11 is 0. The molecule has 4 nitrogen and oxygen atoms in total. The number of hydrogen-bond acceptors (Lipinski definition) is 3. The first-order valence-corrected chi connectivity index (χ1v) is 8.50. The van der Waals surface area contributed by atoms with Crippen LogP contribution >= 0.6 is 0 Å². The zero-order valence-electron chi connectivity index (χ0n) is 11.7. The van der Waals surface area contributed by atoms with Crippen molar-refractivity contribution in [1.29, 1.82) is 0 Å². The third kappa shape index (κ3) is 2.94. The van der Waals surface area contributed by atoms with E-state index in [4.69, 9.17) is 5.73 Å². The molecule has 21 heavy (non-hydrogen) atoms. The summed E-state index contributed by atoms with van der Waals surface area (Å²) in [5, 5.41) is 0. The molecule has 5 heteroatoms. The molecule has 3 rings (SSSR count). The molecule has 0 amide bonds. The topological polar surface area (TPSA) is 72.2 Å². The maximum atomic E-state index is 12.4. The van der Waals surface area contributed by atoms with E-state index in [0.717, 1.165) is 24.8 Å². The van der Waals surface area contributed by atoms with Crippen LogP contribution in [0, 0.1) is 0 Å². The molecule has 2 aromatic carbocycles. The average Bonchev–Trinajstić information content (AvgIpc) is 2.94. The summed E-state index contributed by atoms with van der Waals surface area (Å²) < 4.78 is 27.5. The number of nitrogens with one attached hydrogen (secondary N) is 1. The molecule has 0 saturated heterocycles. The molecule has 110 valence electrons. The van der Waals surface area contributed by atoms with Crippen LogP contribution in [0.2, 0.25) is 0 Å². The Kier molecular flexibility index (Phi) is 3.69. The van der Waals surface area contributed by atoms with E-state index in [-0.39, 0.29) is 4.90 Å². The van der Waals surface area contributed by atoms with E-state index in [1.807, 2.05) is 24.3 Å². The van der Waals surface area contributed by atoms with Crippen molar-refractivity contribution in [2.24, 2.45) is 5.73 Å². The van der Waals surface area contributed by atoms with E-state index < -0.39 is 10.0 Å². The summed E-state index contributed by atoms with van der Waals surface area (Å²) in [6, 6.07) is 12.5. The molecule has 0 aliphatic heterocycles. The number of fused-ring (bicyclic) bond motifs is 1. The zero-order chi connectivity index (χ0) is 14.9. The van der Waals surface area contributed by atoms with Crippen LogP contribution in [0.4, 0.5) is 5.69 Å². The van der Waals surface area contributed by atoms with Gasteiger partial charge in [0.15, 0.2) is 0 Å². The van der Waals surface area contributed by atoms with Crippen molar-refractivity contribution in [1.82, 2.24) is 0 Å². The lowest BCUT2D eigenvalue weighted by molar-refractivity contribution is 0.601. The summed E-state index contributed by atoms with van der Waals surface area (Å²) in [4.78, 5) is 0.242. The molecule has 0 unspecified atom stereocenters. The predicted octanol–water partition coefficient (Wildman–Crippen LogP) is 2.43. The number of benzene rings is 2. The number of hydrogen-bond donors (Lipinski definition) is 2. The summed E-state index contributed by atoms with van der Waals surface area (Å²) in [5.74, 6) is 0. The molecule has 0 saturated carbocycles. The Hall–Kier alpha value is -1.85.